The Bertz CT molecular complexity index is 1090. The van der Waals surface area contributed by atoms with Crippen molar-refractivity contribution in [3.63, 3.8) is 0 Å². The normalized spacial score (nSPS) is 11.8. The van der Waals surface area contributed by atoms with Crippen LogP contribution in [0.2, 0.25) is 0 Å². The Kier molecular flexibility index (Phi) is 10.3. The van der Waals surface area contributed by atoms with Crippen molar-refractivity contribution in [2.45, 2.75) is 32.2 Å². The standard InChI is InChI=1S/C27H30N2O6/c30-25(28-15-16-34-17-18-35-20-27(32)33)11-5-6-12-26(31)29-19-23-9-2-1-7-21(23)13-14-22-8-3-4-10-24(22)29/h1-4,7-10H,5-6,11-12,15-20H2,(H,28,30)(H,32,33). The van der Waals surface area contributed by atoms with Crippen LogP contribution in [-0.2, 0) is 30.4 Å². The van der Waals surface area contributed by atoms with Gasteiger partial charge in [-0.2, -0.15) is 0 Å². The number of rotatable bonds is 13. The molecule has 0 aromatic heterocycles. The molecule has 0 aliphatic carbocycles. The van der Waals surface area contributed by atoms with Gasteiger partial charge in [-0.3, -0.25) is 9.59 Å². The predicted octanol–water partition coefficient (Wildman–Crippen LogP) is 2.73. The van der Waals surface area contributed by atoms with Crippen molar-refractivity contribution in [3.05, 3.63) is 65.2 Å². The molecule has 0 saturated heterocycles. The first-order chi connectivity index (χ1) is 17.0. The number of carbonyl (C=O) groups is 3. The van der Waals surface area contributed by atoms with Crippen molar-refractivity contribution in [1.82, 2.24) is 5.32 Å². The molecule has 1 aliphatic rings. The second-order valence-corrected chi connectivity index (χ2v) is 8.02. The highest BCUT2D eigenvalue weighted by atomic mass is 16.5. The number of hydrogen-bond acceptors (Lipinski definition) is 5. The highest BCUT2D eigenvalue weighted by Gasteiger charge is 2.20. The molecule has 0 spiro atoms. The second kappa shape index (κ2) is 13.9. The van der Waals surface area contributed by atoms with Gasteiger partial charge in [-0.25, -0.2) is 4.79 Å². The number of nitrogens with zero attached hydrogens (tertiary/aromatic N) is 1. The molecule has 2 N–H and O–H groups in total. The van der Waals surface area contributed by atoms with Gasteiger partial charge in [0.2, 0.25) is 11.8 Å². The first-order valence-corrected chi connectivity index (χ1v) is 11.7. The van der Waals surface area contributed by atoms with E-state index in [4.69, 9.17) is 14.6 Å². The van der Waals surface area contributed by atoms with Crippen molar-refractivity contribution in [2.75, 3.05) is 37.9 Å². The number of aliphatic carboxylic acids is 1. The van der Waals surface area contributed by atoms with E-state index < -0.39 is 5.97 Å². The third-order valence-corrected chi connectivity index (χ3v) is 5.38. The molecule has 0 fully saturated rings. The van der Waals surface area contributed by atoms with Gasteiger partial charge in [-0.15, -0.1) is 0 Å². The summed E-state index contributed by atoms with van der Waals surface area (Å²) in [5.74, 6) is 5.30. The number of para-hydroxylation sites is 1. The highest BCUT2D eigenvalue weighted by molar-refractivity contribution is 5.95. The Hall–Kier alpha value is -3.67. The summed E-state index contributed by atoms with van der Waals surface area (Å²) in [4.78, 5) is 37.3. The summed E-state index contributed by atoms with van der Waals surface area (Å²) in [7, 11) is 0. The zero-order valence-corrected chi connectivity index (χ0v) is 19.6. The van der Waals surface area contributed by atoms with E-state index in [-0.39, 0.29) is 31.6 Å². The lowest BCUT2D eigenvalue weighted by atomic mass is 10.0. The number of benzene rings is 2. The van der Waals surface area contributed by atoms with E-state index in [1.807, 2.05) is 48.5 Å². The molecule has 0 unspecified atom stereocenters. The molecular formula is C27H30N2O6. The maximum Gasteiger partial charge on any atom is 0.329 e. The fourth-order valence-corrected chi connectivity index (χ4v) is 3.63. The van der Waals surface area contributed by atoms with Gasteiger partial charge in [0, 0.05) is 30.5 Å². The van der Waals surface area contributed by atoms with E-state index in [1.165, 1.54) is 0 Å². The summed E-state index contributed by atoms with van der Waals surface area (Å²) in [5.41, 5.74) is 3.57. The Morgan fingerprint density at radius 1 is 0.886 bits per heavy atom. The summed E-state index contributed by atoms with van der Waals surface area (Å²) >= 11 is 0. The third-order valence-electron chi connectivity index (χ3n) is 5.38. The molecule has 0 saturated carbocycles. The number of hydrogen-bond donors (Lipinski definition) is 2. The number of carboxylic acids is 1. The molecule has 1 heterocycles. The fraction of sp³-hybridized carbons (Fsp3) is 0.370. The quantitative estimate of drug-likeness (QED) is 0.339. The Morgan fingerprint density at radius 2 is 1.57 bits per heavy atom. The monoisotopic (exact) mass is 478 g/mol. The van der Waals surface area contributed by atoms with Crippen molar-refractivity contribution < 1.29 is 29.0 Å². The minimum absolute atomic E-state index is 0.00915. The average Bonchev–Trinajstić information content (AvgIpc) is 2.84. The van der Waals surface area contributed by atoms with Crippen LogP contribution in [0.25, 0.3) is 0 Å². The molecule has 1 aliphatic heterocycles. The molecule has 2 amide bonds. The summed E-state index contributed by atoms with van der Waals surface area (Å²) < 4.78 is 10.1. The number of carboxylic acid groups (broad SMARTS) is 1. The second-order valence-electron chi connectivity index (χ2n) is 8.02. The van der Waals surface area contributed by atoms with E-state index in [9.17, 15) is 14.4 Å². The molecule has 8 heteroatoms. The summed E-state index contributed by atoms with van der Waals surface area (Å²) in [6, 6.07) is 15.5. The van der Waals surface area contributed by atoms with Crippen LogP contribution in [0.15, 0.2) is 48.5 Å². The van der Waals surface area contributed by atoms with Crippen LogP contribution < -0.4 is 10.2 Å². The lowest BCUT2D eigenvalue weighted by Gasteiger charge is -2.26. The molecule has 0 bridgehead atoms. The van der Waals surface area contributed by atoms with Crippen molar-refractivity contribution in [2.24, 2.45) is 0 Å². The van der Waals surface area contributed by atoms with Gasteiger partial charge in [0.1, 0.15) is 6.61 Å². The Labute approximate surface area is 205 Å². The zero-order valence-electron chi connectivity index (χ0n) is 19.6. The highest BCUT2D eigenvalue weighted by Crippen LogP contribution is 2.26. The summed E-state index contributed by atoms with van der Waals surface area (Å²) in [6.07, 6.45) is 1.89. The summed E-state index contributed by atoms with van der Waals surface area (Å²) in [6.45, 7) is 1.24. The minimum Gasteiger partial charge on any atom is -0.480 e. The summed E-state index contributed by atoms with van der Waals surface area (Å²) in [5, 5.41) is 11.2. The van der Waals surface area contributed by atoms with Gasteiger partial charge in [-0.05, 0) is 36.6 Å². The SMILES string of the molecule is O=C(O)COCCOCCNC(=O)CCCCC(=O)N1Cc2ccccc2C#Cc2ccccc21. The lowest BCUT2D eigenvalue weighted by molar-refractivity contribution is -0.142. The van der Waals surface area contributed by atoms with Gasteiger partial charge >= 0.3 is 5.97 Å². The number of ether oxygens (including phenoxy) is 2. The largest absolute Gasteiger partial charge is 0.480 e. The van der Waals surface area contributed by atoms with Crippen LogP contribution in [0.4, 0.5) is 5.69 Å². The van der Waals surface area contributed by atoms with Gasteiger partial charge < -0.3 is 24.8 Å². The van der Waals surface area contributed by atoms with Crippen LogP contribution in [-0.4, -0.2) is 55.9 Å². The predicted molar refractivity (Wildman–Crippen MR) is 131 cm³/mol. The minimum atomic E-state index is -1.02. The smallest absolute Gasteiger partial charge is 0.329 e. The number of carbonyl (C=O) groups excluding carboxylic acids is 2. The van der Waals surface area contributed by atoms with Gasteiger partial charge in [0.15, 0.2) is 0 Å². The van der Waals surface area contributed by atoms with Gasteiger partial charge in [0.25, 0.3) is 0 Å². The molecular weight excluding hydrogens is 448 g/mol. The zero-order chi connectivity index (χ0) is 24.9. The number of anilines is 1. The third kappa shape index (κ3) is 8.56. The van der Waals surface area contributed by atoms with E-state index in [0.717, 1.165) is 22.4 Å². The molecule has 2 aromatic rings. The Morgan fingerprint density at radius 3 is 2.40 bits per heavy atom. The molecule has 3 rings (SSSR count). The molecule has 2 aromatic carbocycles. The maximum absolute atomic E-state index is 13.2. The number of nitrogens with one attached hydrogen (secondary N) is 1. The average molecular weight is 479 g/mol. The van der Waals surface area contributed by atoms with Crippen molar-refractivity contribution in [1.29, 1.82) is 0 Å². The first kappa shape index (κ1) is 25.9. The van der Waals surface area contributed by atoms with Crippen LogP contribution in [0, 0.1) is 11.8 Å². The molecule has 0 radical (unpaired) electrons. The van der Waals surface area contributed by atoms with Gasteiger partial charge in [0.05, 0.1) is 32.1 Å². The number of unbranched alkanes of at least 4 members (excludes halogenated alkanes) is 1. The van der Waals surface area contributed by atoms with E-state index in [0.29, 0.717) is 45.4 Å². The molecule has 0 atom stereocenters. The molecule has 35 heavy (non-hydrogen) atoms. The molecule has 8 nitrogen and oxygen atoms in total. The van der Waals surface area contributed by atoms with Crippen LogP contribution in [0.5, 0.6) is 0 Å². The van der Waals surface area contributed by atoms with E-state index >= 15 is 0 Å². The van der Waals surface area contributed by atoms with Crippen molar-refractivity contribution >= 4 is 23.5 Å². The molecule has 184 valence electrons. The van der Waals surface area contributed by atoms with Gasteiger partial charge in [-0.1, -0.05) is 42.2 Å². The van der Waals surface area contributed by atoms with E-state index in [1.54, 1.807) is 4.90 Å². The number of fused-ring (bicyclic) bond motifs is 2. The van der Waals surface area contributed by atoms with Crippen molar-refractivity contribution in [3.8, 4) is 11.8 Å². The van der Waals surface area contributed by atoms with E-state index in [2.05, 4.69) is 17.2 Å². The topological polar surface area (TPSA) is 105 Å². The first-order valence-electron chi connectivity index (χ1n) is 11.7. The Balaban J connectivity index is 1.39. The van der Waals surface area contributed by atoms with Crippen LogP contribution >= 0.6 is 0 Å². The lowest BCUT2D eigenvalue weighted by Crippen LogP contribution is -2.31. The van der Waals surface area contributed by atoms with Crippen LogP contribution in [0.1, 0.15) is 42.4 Å². The maximum atomic E-state index is 13.2. The number of amides is 2. The fourth-order valence-electron chi connectivity index (χ4n) is 3.63. The van der Waals surface area contributed by atoms with Crippen LogP contribution in [0.3, 0.4) is 0 Å².